The molecule has 1 fully saturated rings. The number of hydrogen-bond acceptors (Lipinski definition) is 4. The lowest BCUT2D eigenvalue weighted by Crippen LogP contribution is -2.45. The predicted octanol–water partition coefficient (Wildman–Crippen LogP) is 2.87. The Bertz CT molecular complexity index is 482. The number of nitrogens with one attached hydrogen (secondary N) is 1. The van der Waals surface area contributed by atoms with Crippen molar-refractivity contribution in [1.29, 1.82) is 0 Å². The molecule has 1 heterocycles. The fourth-order valence-electron chi connectivity index (χ4n) is 2.70. The zero-order valence-corrected chi connectivity index (χ0v) is 14.1. The van der Waals surface area contributed by atoms with E-state index in [1.165, 1.54) is 6.07 Å². The number of nitrogen functional groups attached to an aromatic ring is 1. The fourth-order valence-corrected chi connectivity index (χ4v) is 2.70. The molecule has 126 valence electrons. The number of halogens is 3. The van der Waals surface area contributed by atoms with Crippen molar-refractivity contribution in [1.82, 2.24) is 10.2 Å². The smallest absolute Gasteiger partial charge is 0.143 e. The quantitative estimate of drug-likeness (QED) is 0.433. The first kappa shape index (κ1) is 21.0. The highest BCUT2D eigenvalue weighted by Gasteiger charge is 2.25. The first-order valence-corrected chi connectivity index (χ1v) is 6.97. The molecule has 0 aromatic heterocycles. The lowest BCUT2D eigenvalue weighted by atomic mass is 9.97. The highest BCUT2D eigenvalue weighted by molar-refractivity contribution is 5.85. The maximum Gasteiger partial charge on any atom is 0.143 e. The van der Waals surface area contributed by atoms with E-state index in [4.69, 9.17) is 5.73 Å². The highest BCUT2D eigenvalue weighted by Crippen LogP contribution is 2.36. The standard InChI is InChI=1S/C15H22FN3O.2ClH/c1-2-3-4-14(19-7-5-18-6-8-19)12-9-11(16)10-13(17)15(12)20;;/h2,9-10,14,18,20H,1,3-8,17H2;2*1H/t14-;;/m0../s1. The van der Waals surface area contributed by atoms with Crippen LogP contribution in [-0.2, 0) is 0 Å². The van der Waals surface area contributed by atoms with Crippen LogP contribution in [0.25, 0.3) is 0 Å². The number of piperazine rings is 1. The van der Waals surface area contributed by atoms with Crippen molar-refractivity contribution < 1.29 is 9.50 Å². The predicted molar refractivity (Wildman–Crippen MR) is 93.6 cm³/mol. The van der Waals surface area contributed by atoms with Crippen LogP contribution >= 0.6 is 24.8 Å². The molecule has 1 aromatic carbocycles. The summed E-state index contributed by atoms with van der Waals surface area (Å²) in [5.41, 5.74) is 6.35. The topological polar surface area (TPSA) is 61.5 Å². The molecule has 0 unspecified atom stereocenters. The Balaban J connectivity index is 0.00000220. The normalized spacial score (nSPS) is 16.2. The summed E-state index contributed by atoms with van der Waals surface area (Å²) in [7, 11) is 0. The van der Waals surface area contributed by atoms with Crippen LogP contribution in [0.2, 0.25) is 0 Å². The van der Waals surface area contributed by atoms with Crippen molar-refractivity contribution in [3.63, 3.8) is 0 Å². The third kappa shape index (κ3) is 5.02. The number of anilines is 1. The molecule has 0 saturated carbocycles. The number of allylic oxidation sites excluding steroid dienone is 1. The molecule has 0 amide bonds. The van der Waals surface area contributed by atoms with Gasteiger partial charge in [0.2, 0.25) is 0 Å². The fraction of sp³-hybridized carbons (Fsp3) is 0.467. The molecular formula is C15H24Cl2FN3O. The Morgan fingerprint density at radius 3 is 2.59 bits per heavy atom. The van der Waals surface area contributed by atoms with Crippen molar-refractivity contribution in [3.05, 3.63) is 36.2 Å². The summed E-state index contributed by atoms with van der Waals surface area (Å²) >= 11 is 0. The van der Waals surface area contributed by atoms with Crippen LogP contribution in [0.4, 0.5) is 10.1 Å². The maximum atomic E-state index is 13.6. The number of nitrogens with two attached hydrogens (primary N) is 1. The Labute approximate surface area is 143 Å². The minimum atomic E-state index is -0.408. The third-order valence-corrected chi connectivity index (χ3v) is 3.73. The van der Waals surface area contributed by atoms with Gasteiger partial charge in [-0.25, -0.2) is 4.39 Å². The zero-order chi connectivity index (χ0) is 14.5. The van der Waals surface area contributed by atoms with E-state index in [1.807, 2.05) is 6.08 Å². The van der Waals surface area contributed by atoms with Crippen molar-refractivity contribution in [3.8, 4) is 5.75 Å². The van der Waals surface area contributed by atoms with Gasteiger partial charge in [0.15, 0.2) is 0 Å². The van der Waals surface area contributed by atoms with Crippen molar-refractivity contribution in [2.45, 2.75) is 18.9 Å². The Kier molecular flexibility index (Phi) is 9.44. The molecule has 22 heavy (non-hydrogen) atoms. The molecule has 0 aliphatic carbocycles. The number of phenolic OH excluding ortho intramolecular Hbond substituents is 1. The van der Waals surface area contributed by atoms with Crippen LogP contribution in [0.3, 0.4) is 0 Å². The molecule has 2 rings (SSSR count). The molecule has 1 aliphatic rings. The van der Waals surface area contributed by atoms with E-state index in [-0.39, 0.29) is 42.3 Å². The van der Waals surface area contributed by atoms with E-state index in [9.17, 15) is 9.50 Å². The number of hydrogen-bond donors (Lipinski definition) is 3. The summed E-state index contributed by atoms with van der Waals surface area (Å²) in [5, 5.41) is 13.5. The van der Waals surface area contributed by atoms with E-state index >= 15 is 0 Å². The summed E-state index contributed by atoms with van der Waals surface area (Å²) in [5.74, 6) is -0.409. The molecule has 0 bridgehead atoms. The van der Waals surface area contributed by atoms with E-state index in [0.717, 1.165) is 45.1 Å². The molecule has 0 radical (unpaired) electrons. The Morgan fingerprint density at radius 2 is 2.00 bits per heavy atom. The lowest BCUT2D eigenvalue weighted by Gasteiger charge is -2.35. The van der Waals surface area contributed by atoms with E-state index in [2.05, 4.69) is 16.8 Å². The van der Waals surface area contributed by atoms with Gasteiger partial charge in [0, 0.05) is 43.9 Å². The monoisotopic (exact) mass is 351 g/mol. The first-order chi connectivity index (χ1) is 9.63. The second kappa shape index (κ2) is 9.90. The molecule has 7 heteroatoms. The second-order valence-corrected chi connectivity index (χ2v) is 5.10. The maximum absolute atomic E-state index is 13.6. The number of nitrogens with zero attached hydrogens (tertiary/aromatic N) is 1. The van der Waals surface area contributed by atoms with Gasteiger partial charge in [0.1, 0.15) is 11.6 Å². The Hall–Kier alpha value is -1.01. The summed E-state index contributed by atoms with van der Waals surface area (Å²) in [6, 6.07) is 2.51. The first-order valence-electron chi connectivity index (χ1n) is 6.97. The van der Waals surface area contributed by atoms with Crippen LogP contribution in [0.1, 0.15) is 24.4 Å². The average Bonchev–Trinajstić information content (AvgIpc) is 2.45. The zero-order valence-electron chi connectivity index (χ0n) is 12.4. The van der Waals surface area contributed by atoms with Gasteiger partial charge in [-0.2, -0.15) is 0 Å². The molecule has 1 aromatic rings. The van der Waals surface area contributed by atoms with E-state index < -0.39 is 5.82 Å². The number of aromatic hydroxyl groups is 1. The van der Waals surface area contributed by atoms with E-state index in [0.29, 0.717) is 5.56 Å². The third-order valence-electron chi connectivity index (χ3n) is 3.73. The SMILES string of the molecule is C=CCC[C@@H](c1cc(F)cc(N)c1O)N1CCNCC1.Cl.Cl. The summed E-state index contributed by atoms with van der Waals surface area (Å²) < 4.78 is 13.6. The van der Waals surface area contributed by atoms with Crippen LogP contribution in [0.5, 0.6) is 5.75 Å². The van der Waals surface area contributed by atoms with Gasteiger partial charge >= 0.3 is 0 Å². The van der Waals surface area contributed by atoms with Crippen LogP contribution in [-0.4, -0.2) is 36.2 Å². The minimum absolute atomic E-state index is 0. The summed E-state index contributed by atoms with van der Waals surface area (Å²) in [4.78, 5) is 2.26. The lowest BCUT2D eigenvalue weighted by molar-refractivity contribution is 0.163. The van der Waals surface area contributed by atoms with Crippen LogP contribution < -0.4 is 11.1 Å². The summed E-state index contributed by atoms with van der Waals surface area (Å²) in [6.45, 7) is 7.28. The van der Waals surface area contributed by atoms with Crippen LogP contribution in [0.15, 0.2) is 24.8 Å². The minimum Gasteiger partial charge on any atom is -0.505 e. The van der Waals surface area contributed by atoms with Gasteiger partial charge in [-0.15, -0.1) is 31.4 Å². The number of phenols is 1. The van der Waals surface area contributed by atoms with Crippen molar-refractivity contribution in [2.75, 3.05) is 31.9 Å². The second-order valence-electron chi connectivity index (χ2n) is 5.10. The van der Waals surface area contributed by atoms with Gasteiger partial charge in [-0.05, 0) is 18.9 Å². The molecule has 0 spiro atoms. The molecule has 4 N–H and O–H groups in total. The Morgan fingerprint density at radius 1 is 1.36 bits per heavy atom. The van der Waals surface area contributed by atoms with Gasteiger partial charge in [-0.3, -0.25) is 4.90 Å². The number of benzene rings is 1. The summed E-state index contributed by atoms with van der Waals surface area (Å²) in [6.07, 6.45) is 3.44. The van der Waals surface area contributed by atoms with Crippen molar-refractivity contribution in [2.24, 2.45) is 0 Å². The van der Waals surface area contributed by atoms with Crippen LogP contribution in [0, 0.1) is 5.82 Å². The highest BCUT2D eigenvalue weighted by atomic mass is 35.5. The molecule has 1 atom stereocenters. The molecule has 1 aliphatic heterocycles. The molecular weight excluding hydrogens is 328 g/mol. The molecule has 1 saturated heterocycles. The molecule has 4 nitrogen and oxygen atoms in total. The van der Waals surface area contributed by atoms with E-state index in [1.54, 1.807) is 0 Å². The largest absolute Gasteiger partial charge is 0.505 e. The van der Waals surface area contributed by atoms with Gasteiger partial charge in [0.05, 0.1) is 5.69 Å². The average molecular weight is 352 g/mol. The van der Waals surface area contributed by atoms with Crippen molar-refractivity contribution >= 4 is 30.5 Å². The van der Waals surface area contributed by atoms with Gasteiger partial charge < -0.3 is 16.2 Å². The number of rotatable bonds is 5. The van der Waals surface area contributed by atoms with Gasteiger partial charge in [0.25, 0.3) is 0 Å². The van der Waals surface area contributed by atoms with Gasteiger partial charge in [-0.1, -0.05) is 6.08 Å².